The zero-order valence-electron chi connectivity index (χ0n) is 19.5. The second-order valence-corrected chi connectivity index (χ2v) is 10.1. The second-order valence-electron chi connectivity index (χ2n) is 10.1. The van der Waals surface area contributed by atoms with Crippen molar-refractivity contribution in [3.8, 4) is 0 Å². The van der Waals surface area contributed by atoms with Crippen molar-refractivity contribution < 1.29 is 0 Å². The molecule has 3 aromatic rings. The molecule has 1 unspecified atom stereocenters. The summed E-state index contributed by atoms with van der Waals surface area (Å²) in [5, 5.41) is 0. The van der Waals surface area contributed by atoms with Crippen LogP contribution in [-0.2, 0) is 24.9 Å². The fraction of sp³-hybridized carbons (Fsp3) is 0.429. The van der Waals surface area contributed by atoms with Gasteiger partial charge in [-0.1, -0.05) is 49.4 Å². The van der Waals surface area contributed by atoms with Gasteiger partial charge in [0.25, 0.3) is 0 Å². The summed E-state index contributed by atoms with van der Waals surface area (Å²) in [7, 11) is 0. The number of aryl methyl sites for hydroxylation is 1. The first-order valence-corrected chi connectivity index (χ1v) is 12.4. The lowest BCUT2D eigenvalue weighted by Gasteiger charge is -2.40. The second kappa shape index (κ2) is 8.23. The van der Waals surface area contributed by atoms with E-state index in [1.54, 1.807) is 6.33 Å². The van der Waals surface area contributed by atoms with Gasteiger partial charge in [0.1, 0.15) is 12.1 Å². The third-order valence-electron chi connectivity index (χ3n) is 8.20. The molecule has 0 amide bonds. The van der Waals surface area contributed by atoms with Crippen molar-refractivity contribution in [1.82, 2.24) is 14.9 Å². The number of anilines is 2. The Morgan fingerprint density at radius 2 is 1.85 bits per heavy atom. The topological polar surface area (TPSA) is 58.3 Å². The number of fused-ring (bicyclic) bond motifs is 3. The van der Waals surface area contributed by atoms with Gasteiger partial charge in [0.2, 0.25) is 0 Å². The molecule has 33 heavy (non-hydrogen) atoms. The molecule has 0 bridgehead atoms. The van der Waals surface area contributed by atoms with Gasteiger partial charge in [0.05, 0.1) is 0 Å². The van der Waals surface area contributed by atoms with Gasteiger partial charge in [-0.15, -0.1) is 0 Å². The Hall–Kier alpha value is -2.76. The Labute approximate surface area is 196 Å². The Balaban J connectivity index is 1.35. The highest BCUT2D eigenvalue weighted by Crippen LogP contribution is 2.52. The number of rotatable bonds is 4. The predicted octanol–water partition coefficient (Wildman–Crippen LogP) is 4.67. The number of aromatic nitrogens is 2. The summed E-state index contributed by atoms with van der Waals surface area (Å²) in [6, 6.07) is 17.5. The zero-order valence-corrected chi connectivity index (χ0v) is 19.5. The molecule has 2 N–H and O–H groups in total. The van der Waals surface area contributed by atoms with Crippen molar-refractivity contribution in [3.05, 3.63) is 82.8 Å². The molecule has 2 aromatic carbocycles. The largest absolute Gasteiger partial charge is 0.326 e. The van der Waals surface area contributed by atoms with Crippen LogP contribution in [0.15, 0.2) is 54.9 Å². The van der Waals surface area contributed by atoms with E-state index in [1.165, 1.54) is 40.1 Å². The average molecular weight is 440 g/mol. The number of nitrogens with two attached hydrogens (primary N) is 1. The Bertz CT molecular complexity index is 1150. The first-order valence-electron chi connectivity index (χ1n) is 12.4. The Morgan fingerprint density at radius 1 is 1.03 bits per heavy atom. The van der Waals surface area contributed by atoms with Crippen LogP contribution >= 0.6 is 0 Å². The number of benzene rings is 2. The summed E-state index contributed by atoms with van der Waals surface area (Å²) in [5.74, 6) is 1.64. The highest BCUT2D eigenvalue weighted by Gasteiger charge is 2.47. The van der Waals surface area contributed by atoms with E-state index < -0.39 is 0 Å². The van der Waals surface area contributed by atoms with Crippen LogP contribution in [0.3, 0.4) is 0 Å². The van der Waals surface area contributed by atoms with Crippen molar-refractivity contribution in [2.75, 3.05) is 24.5 Å². The van der Waals surface area contributed by atoms with E-state index in [9.17, 15) is 0 Å². The lowest BCUT2D eigenvalue weighted by molar-refractivity contribution is 0.160. The first kappa shape index (κ1) is 20.8. The summed E-state index contributed by atoms with van der Waals surface area (Å²) in [4.78, 5) is 14.6. The van der Waals surface area contributed by atoms with E-state index in [0.717, 1.165) is 51.3 Å². The lowest BCUT2D eigenvalue weighted by atomic mass is 9.72. The van der Waals surface area contributed by atoms with Crippen LogP contribution in [0.1, 0.15) is 60.1 Å². The smallest absolute Gasteiger partial charge is 0.140 e. The molecule has 1 aromatic heterocycles. The monoisotopic (exact) mass is 439 g/mol. The van der Waals surface area contributed by atoms with Crippen LogP contribution in [0.25, 0.3) is 0 Å². The molecule has 1 atom stereocenters. The molecule has 5 nitrogen and oxygen atoms in total. The molecule has 3 heterocycles. The fourth-order valence-electron chi connectivity index (χ4n) is 6.48. The summed E-state index contributed by atoms with van der Waals surface area (Å²) < 4.78 is 0. The molecule has 1 fully saturated rings. The van der Waals surface area contributed by atoms with Crippen molar-refractivity contribution in [3.63, 3.8) is 0 Å². The minimum absolute atomic E-state index is 0.137. The van der Waals surface area contributed by atoms with Gasteiger partial charge in [-0.25, -0.2) is 9.97 Å². The molecular formula is C28H33N5. The Morgan fingerprint density at radius 3 is 2.64 bits per heavy atom. The number of piperidine rings is 1. The van der Waals surface area contributed by atoms with Crippen LogP contribution in [0.4, 0.5) is 11.5 Å². The summed E-state index contributed by atoms with van der Waals surface area (Å²) in [5.41, 5.74) is 14.5. The number of nitrogens with zero attached hydrogens (tertiary/aromatic N) is 4. The van der Waals surface area contributed by atoms with Crippen molar-refractivity contribution in [2.24, 2.45) is 5.73 Å². The summed E-state index contributed by atoms with van der Waals surface area (Å²) in [6.07, 6.45) is 6.32. The third-order valence-corrected chi connectivity index (χ3v) is 8.20. The third kappa shape index (κ3) is 3.46. The molecule has 3 aliphatic rings. The quantitative estimate of drug-likeness (QED) is 0.640. The number of hydrogen-bond acceptors (Lipinski definition) is 5. The van der Waals surface area contributed by atoms with E-state index in [4.69, 9.17) is 10.7 Å². The Kier molecular flexibility index (Phi) is 5.19. The SMILES string of the molecule is CC1CCc2ncnc(N3CC4(CCN(Cc5ccccc5)CC4)c4c(CN)cccc43)c21. The van der Waals surface area contributed by atoms with E-state index in [2.05, 4.69) is 70.2 Å². The zero-order chi connectivity index (χ0) is 22.4. The van der Waals surface area contributed by atoms with Gasteiger partial charge in [-0.3, -0.25) is 4.90 Å². The highest BCUT2D eigenvalue weighted by atomic mass is 15.2. The van der Waals surface area contributed by atoms with Gasteiger partial charge in [-0.05, 0) is 67.4 Å². The van der Waals surface area contributed by atoms with E-state index >= 15 is 0 Å². The molecule has 170 valence electrons. The van der Waals surface area contributed by atoms with Gasteiger partial charge >= 0.3 is 0 Å². The van der Waals surface area contributed by atoms with Gasteiger partial charge in [0, 0.05) is 42.0 Å². The molecule has 1 aliphatic carbocycles. The molecule has 6 rings (SSSR count). The molecule has 1 spiro atoms. The van der Waals surface area contributed by atoms with Gasteiger partial charge in [-0.2, -0.15) is 0 Å². The van der Waals surface area contributed by atoms with Crippen molar-refractivity contribution in [2.45, 2.75) is 57.0 Å². The maximum Gasteiger partial charge on any atom is 0.140 e. The van der Waals surface area contributed by atoms with Crippen LogP contribution < -0.4 is 10.6 Å². The predicted molar refractivity (Wildman–Crippen MR) is 133 cm³/mol. The average Bonchev–Trinajstić information content (AvgIpc) is 3.40. The lowest BCUT2D eigenvalue weighted by Crippen LogP contribution is -2.44. The normalized spacial score (nSPS) is 21.4. The number of likely N-dealkylation sites (tertiary alicyclic amines) is 1. The van der Waals surface area contributed by atoms with Crippen LogP contribution in [0.5, 0.6) is 0 Å². The van der Waals surface area contributed by atoms with E-state index in [1.807, 2.05) is 0 Å². The standard InChI is InChI=1S/C28H33N5/c1-20-10-11-23-25(20)27(31-19-30-23)33-18-28(26-22(16-29)8-5-9-24(26)33)12-14-32(15-13-28)17-21-6-3-2-4-7-21/h2-9,19-20H,10-18,29H2,1H3. The van der Waals surface area contributed by atoms with Crippen molar-refractivity contribution in [1.29, 1.82) is 0 Å². The first-order chi connectivity index (χ1) is 16.2. The maximum atomic E-state index is 6.28. The summed E-state index contributed by atoms with van der Waals surface area (Å²) >= 11 is 0. The molecule has 0 saturated carbocycles. The van der Waals surface area contributed by atoms with E-state index in [0.29, 0.717) is 12.5 Å². The maximum absolute atomic E-state index is 6.28. The van der Waals surface area contributed by atoms with Crippen LogP contribution in [0, 0.1) is 0 Å². The van der Waals surface area contributed by atoms with Gasteiger partial charge in [0.15, 0.2) is 0 Å². The molecule has 5 heteroatoms. The minimum Gasteiger partial charge on any atom is -0.326 e. The van der Waals surface area contributed by atoms with Crippen LogP contribution in [0.2, 0.25) is 0 Å². The molecular weight excluding hydrogens is 406 g/mol. The van der Waals surface area contributed by atoms with E-state index in [-0.39, 0.29) is 5.41 Å². The van der Waals surface area contributed by atoms with Gasteiger partial charge < -0.3 is 10.6 Å². The fourth-order valence-corrected chi connectivity index (χ4v) is 6.48. The molecule has 2 aliphatic heterocycles. The highest BCUT2D eigenvalue weighted by molar-refractivity contribution is 5.75. The van der Waals surface area contributed by atoms with Crippen molar-refractivity contribution >= 4 is 11.5 Å². The summed E-state index contributed by atoms with van der Waals surface area (Å²) in [6.45, 7) is 7.16. The van der Waals surface area contributed by atoms with Crippen LogP contribution in [-0.4, -0.2) is 34.5 Å². The minimum atomic E-state index is 0.137. The molecule has 0 radical (unpaired) electrons. The number of hydrogen-bond donors (Lipinski definition) is 1. The molecule has 1 saturated heterocycles.